The van der Waals surface area contributed by atoms with Crippen molar-refractivity contribution in [1.82, 2.24) is 0 Å². The SMILES string of the molecule is C=C(CCCC(C)=CC=CC(C)CCCc1ccoc1)CC1OC(=O)C(C)C1O. The van der Waals surface area contributed by atoms with Crippen LogP contribution in [-0.2, 0) is 16.0 Å². The first-order valence-electron chi connectivity index (χ1n) is 10.8. The van der Waals surface area contributed by atoms with Gasteiger partial charge < -0.3 is 14.3 Å². The maximum absolute atomic E-state index is 11.5. The van der Waals surface area contributed by atoms with Crippen molar-refractivity contribution in [2.75, 3.05) is 0 Å². The summed E-state index contributed by atoms with van der Waals surface area (Å²) in [5, 5.41) is 10.0. The van der Waals surface area contributed by atoms with Crippen LogP contribution in [0.5, 0.6) is 0 Å². The van der Waals surface area contributed by atoms with Gasteiger partial charge in [-0.15, -0.1) is 0 Å². The summed E-state index contributed by atoms with van der Waals surface area (Å²) in [6, 6.07) is 2.03. The lowest BCUT2D eigenvalue weighted by atomic mass is 9.96. The highest BCUT2D eigenvalue weighted by Gasteiger charge is 2.40. The van der Waals surface area contributed by atoms with Crippen LogP contribution in [0.2, 0.25) is 0 Å². The number of allylic oxidation sites excluding steroid dienone is 4. The van der Waals surface area contributed by atoms with Crippen LogP contribution in [0, 0.1) is 11.8 Å². The summed E-state index contributed by atoms with van der Waals surface area (Å²) in [4.78, 5) is 11.5. The third-order valence-electron chi connectivity index (χ3n) is 5.65. The van der Waals surface area contributed by atoms with E-state index in [1.165, 1.54) is 24.0 Å². The van der Waals surface area contributed by atoms with Crippen LogP contribution < -0.4 is 0 Å². The number of esters is 1. The number of carbonyl (C=O) groups is 1. The topological polar surface area (TPSA) is 59.7 Å². The predicted octanol–water partition coefficient (Wildman–Crippen LogP) is 5.78. The first-order chi connectivity index (χ1) is 13.9. The van der Waals surface area contributed by atoms with Gasteiger partial charge in [0.1, 0.15) is 12.2 Å². The zero-order chi connectivity index (χ0) is 21.2. The second-order valence-corrected chi connectivity index (χ2v) is 8.46. The second kappa shape index (κ2) is 11.8. The van der Waals surface area contributed by atoms with Gasteiger partial charge in [-0.3, -0.25) is 4.79 Å². The summed E-state index contributed by atoms with van der Waals surface area (Å²) >= 11 is 0. The molecule has 4 atom stereocenters. The lowest BCUT2D eigenvalue weighted by molar-refractivity contribution is -0.143. The summed E-state index contributed by atoms with van der Waals surface area (Å²) < 4.78 is 10.3. The molecular formula is C25H36O4. The molecule has 0 amide bonds. The van der Waals surface area contributed by atoms with Gasteiger partial charge in [0.05, 0.1) is 18.4 Å². The van der Waals surface area contributed by atoms with Gasteiger partial charge >= 0.3 is 5.97 Å². The van der Waals surface area contributed by atoms with Gasteiger partial charge in [0.2, 0.25) is 0 Å². The number of aliphatic hydroxyl groups is 1. The van der Waals surface area contributed by atoms with E-state index in [1.54, 1.807) is 13.2 Å². The fourth-order valence-electron chi connectivity index (χ4n) is 3.61. The Hall–Kier alpha value is -2.07. The molecule has 29 heavy (non-hydrogen) atoms. The van der Waals surface area contributed by atoms with Gasteiger partial charge in [-0.05, 0) is 69.9 Å². The second-order valence-electron chi connectivity index (χ2n) is 8.46. The van der Waals surface area contributed by atoms with E-state index in [0.717, 1.165) is 31.3 Å². The molecular weight excluding hydrogens is 364 g/mol. The highest BCUT2D eigenvalue weighted by molar-refractivity contribution is 5.75. The molecule has 2 heterocycles. The molecule has 0 saturated carbocycles. The summed E-state index contributed by atoms with van der Waals surface area (Å²) in [7, 11) is 0. The molecule has 1 fully saturated rings. The molecule has 0 aromatic carbocycles. The molecule has 0 radical (unpaired) electrons. The summed E-state index contributed by atoms with van der Waals surface area (Å²) in [5.41, 5.74) is 3.65. The Kier molecular flexibility index (Phi) is 9.46. The zero-order valence-corrected chi connectivity index (χ0v) is 18.1. The van der Waals surface area contributed by atoms with Crippen LogP contribution in [0.4, 0.5) is 0 Å². The number of carbonyl (C=O) groups excluding carboxylic acids is 1. The van der Waals surface area contributed by atoms with Crippen molar-refractivity contribution in [3.05, 3.63) is 60.1 Å². The van der Waals surface area contributed by atoms with E-state index in [4.69, 9.17) is 9.15 Å². The molecule has 1 aromatic heterocycles. The normalized spacial score (nSPS) is 23.5. The summed E-state index contributed by atoms with van der Waals surface area (Å²) in [6.45, 7) is 10.2. The Morgan fingerprint density at radius 2 is 2.14 bits per heavy atom. The third-order valence-corrected chi connectivity index (χ3v) is 5.65. The van der Waals surface area contributed by atoms with Gasteiger partial charge in [0.25, 0.3) is 0 Å². The van der Waals surface area contributed by atoms with Gasteiger partial charge in [-0.1, -0.05) is 42.9 Å². The molecule has 0 aliphatic carbocycles. The van der Waals surface area contributed by atoms with Crippen molar-refractivity contribution < 1.29 is 19.1 Å². The third kappa shape index (κ3) is 8.06. The Labute approximate surface area is 175 Å². The number of cyclic esters (lactones) is 1. The molecule has 1 aliphatic rings. The van der Waals surface area contributed by atoms with E-state index in [-0.39, 0.29) is 5.97 Å². The fraction of sp³-hybridized carbons (Fsp3) is 0.560. The molecule has 4 heteroatoms. The maximum atomic E-state index is 11.5. The van der Waals surface area contributed by atoms with Gasteiger partial charge in [-0.25, -0.2) is 0 Å². The van der Waals surface area contributed by atoms with E-state index < -0.39 is 18.1 Å². The van der Waals surface area contributed by atoms with E-state index in [2.05, 4.69) is 38.7 Å². The lowest BCUT2D eigenvalue weighted by Gasteiger charge is -2.15. The van der Waals surface area contributed by atoms with E-state index in [1.807, 2.05) is 12.3 Å². The quantitative estimate of drug-likeness (QED) is 0.274. The van der Waals surface area contributed by atoms with Crippen molar-refractivity contribution in [2.45, 2.75) is 77.9 Å². The minimum atomic E-state index is -0.715. The van der Waals surface area contributed by atoms with Crippen LogP contribution in [-0.4, -0.2) is 23.3 Å². The number of rotatable bonds is 12. The summed E-state index contributed by atoms with van der Waals surface area (Å²) in [6.07, 6.45) is 15.9. The number of hydrogen-bond donors (Lipinski definition) is 1. The molecule has 1 N–H and O–H groups in total. The van der Waals surface area contributed by atoms with E-state index >= 15 is 0 Å². The van der Waals surface area contributed by atoms with Crippen molar-refractivity contribution in [2.24, 2.45) is 11.8 Å². The van der Waals surface area contributed by atoms with Crippen molar-refractivity contribution in [1.29, 1.82) is 0 Å². The first kappa shape index (κ1) is 23.2. The highest BCUT2D eigenvalue weighted by Crippen LogP contribution is 2.27. The molecule has 4 nitrogen and oxygen atoms in total. The van der Waals surface area contributed by atoms with Crippen molar-refractivity contribution >= 4 is 5.97 Å². The number of aliphatic hydroxyl groups excluding tert-OH is 1. The molecule has 4 unspecified atom stereocenters. The van der Waals surface area contributed by atoms with Gasteiger partial charge in [-0.2, -0.15) is 0 Å². The Morgan fingerprint density at radius 3 is 2.79 bits per heavy atom. The Morgan fingerprint density at radius 1 is 1.34 bits per heavy atom. The smallest absolute Gasteiger partial charge is 0.311 e. The van der Waals surface area contributed by atoms with Crippen molar-refractivity contribution in [3.63, 3.8) is 0 Å². The number of aryl methyl sites for hydroxylation is 1. The molecule has 1 saturated heterocycles. The highest BCUT2D eigenvalue weighted by atomic mass is 16.6. The number of ether oxygens (including phenoxy) is 1. The minimum absolute atomic E-state index is 0.309. The first-order valence-corrected chi connectivity index (χ1v) is 10.8. The average Bonchev–Trinajstić information content (AvgIpc) is 3.27. The summed E-state index contributed by atoms with van der Waals surface area (Å²) in [5.74, 6) is -0.178. The van der Waals surface area contributed by atoms with E-state index in [0.29, 0.717) is 12.3 Å². The fourth-order valence-corrected chi connectivity index (χ4v) is 3.61. The maximum Gasteiger partial charge on any atom is 0.311 e. The molecule has 1 aliphatic heterocycles. The predicted molar refractivity (Wildman–Crippen MR) is 116 cm³/mol. The number of hydrogen-bond acceptors (Lipinski definition) is 4. The van der Waals surface area contributed by atoms with Crippen LogP contribution >= 0.6 is 0 Å². The molecule has 1 aromatic rings. The minimum Gasteiger partial charge on any atom is -0.472 e. The monoisotopic (exact) mass is 400 g/mol. The molecule has 0 spiro atoms. The van der Waals surface area contributed by atoms with Crippen molar-refractivity contribution in [3.8, 4) is 0 Å². The van der Waals surface area contributed by atoms with Crippen LogP contribution in [0.15, 0.2) is 59.0 Å². The van der Waals surface area contributed by atoms with Gasteiger partial charge in [0.15, 0.2) is 0 Å². The molecule has 160 valence electrons. The molecule has 2 rings (SSSR count). The lowest BCUT2D eigenvalue weighted by Crippen LogP contribution is -2.25. The van der Waals surface area contributed by atoms with Crippen LogP contribution in [0.1, 0.15) is 64.9 Å². The average molecular weight is 401 g/mol. The number of furan rings is 1. The zero-order valence-electron chi connectivity index (χ0n) is 18.1. The Balaban J connectivity index is 1.59. The van der Waals surface area contributed by atoms with E-state index in [9.17, 15) is 9.90 Å². The Bertz CT molecular complexity index is 698. The van der Waals surface area contributed by atoms with Crippen LogP contribution in [0.3, 0.4) is 0 Å². The largest absolute Gasteiger partial charge is 0.472 e. The van der Waals surface area contributed by atoms with Crippen LogP contribution in [0.25, 0.3) is 0 Å². The molecule has 0 bridgehead atoms. The van der Waals surface area contributed by atoms with Gasteiger partial charge in [0, 0.05) is 6.42 Å². The standard InChI is InChI=1S/C25H36O4/c1-18(8-5-9-19(2)11-7-13-22-14-15-28-17-22)10-6-12-20(3)16-23-24(26)21(4)25(27)29-23/h5,8-9,14-15,17,19,21,23-24,26H,3,6-7,10-13,16H2,1-2,4H3.